The van der Waals surface area contributed by atoms with Crippen LogP contribution in [0, 0.1) is 0 Å². The third-order valence-corrected chi connectivity index (χ3v) is 10.2. The summed E-state index contributed by atoms with van der Waals surface area (Å²) in [6.07, 6.45) is 3.13. The van der Waals surface area contributed by atoms with Crippen LogP contribution in [0.4, 0.5) is 0 Å². The van der Waals surface area contributed by atoms with Crippen LogP contribution in [-0.4, -0.2) is 64.3 Å². The zero-order valence-corrected chi connectivity index (χ0v) is 29.6. The lowest BCUT2D eigenvalue weighted by molar-refractivity contribution is -0.130. The fraction of sp³-hybridized carbons (Fsp3) is 0.341. The first-order chi connectivity index (χ1) is 24.2. The van der Waals surface area contributed by atoms with E-state index >= 15 is 0 Å². The summed E-state index contributed by atoms with van der Waals surface area (Å²) in [5, 5.41) is 0. The van der Waals surface area contributed by atoms with Crippen molar-refractivity contribution >= 4 is 5.97 Å². The highest BCUT2D eigenvalue weighted by atomic mass is 16.6. The minimum Gasteiger partial charge on any atom is -0.493 e. The summed E-state index contributed by atoms with van der Waals surface area (Å²) >= 11 is 0. The van der Waals surface area contributed by atoms with Crippen molar-refractivity contribution in [3.05, 3.63) is 106 Å². The third-order valence-electron chi connectivity index (χ3n) is 10.2. The fourth-order valence-electron chi connectivity index (χ4n) is 7.38. The Morgan fingerprint density at radius 2 is 1.38 bits per heavy atom. The van der Waals surface area contributed by atoms with Gasteiger partial charge in [0.15, 0.2) is 34.5 Å². The summed E-state index contributed by atoms with van der Waals surface area (Å²) in [5.41, 5.74) is 7.09. The Morgan fingerprint density at radius 3 is 2.08 bits per heavy atom. The van der Waals surface area contributed by atoms with Gasteiger partial charge in [0.2, 0.25) is 5.75 Å². The van der Waals surface area contributed by atoms with E-state index in [0.717, 1.165) is 49.0 Å². The van der Waals surface area contributed by atoms with Gasteiger partial charge in [0, 0.05) is 36.3 Å². The molecule has 8 rings (SSSR count). The molecule has 0 amide bonds. The minimum atomic E-state index is -0.509. The van der Waals surface area contributed by atoms with Crippen molar-refractivity contribution in [3.63, 3.8) is 0 Å². The minimum absolute atomic E-state index is 0.0918. The SMILES string of the molecule is C=C(C)C(=O)Oc1ccc2cc1Oc1ccc(cc1)C[C@H]1c3cc(c(OC)cc3CCN1C)Oc1c(OC)c(OC)cc3c1[C@@H](C2)N(C)CC3. The molecule has 4 heterocycles. The lowest BCUT2D eigenvalue weighted by atomic mass is 9.87. The predicted molar refractivity (Wildman–Crippen MR) is 192 cm³/mol. The summed E-state index contributed by atoms with van der Waals surface area (Å²) in [6, 6.07) is 20.2. The highest BCUT2D eigenvalue weighted by molar-refractivity contribution is 5.89. The van der Waals surface area contributed by atoms with Crippen LogP contribution >= 0.6 is 0 Å². The number of benzene rings is 4. The normalized spacial score (nSPS) is 18.4. The Hall–Kier alpha value is -4.99. The van der Waals surface area contributed by atoms with Crippen molar-refractivity contribution < 1.29 is 33.2 Å². The maximum atomic E-state index is 12.6. The lowest BCUT2D eigenvalue weighted by Gasteiger charge is -2.37. The van der Waals surface area contributed by atoms with Gasteiger partial charge in [-0.2, -0.15) is 0 Å². The maximum Gasteiger partial charge on any atom is 0.338 e. The molecule has 4 aromatic carbocycles. The molecule has 0 fully saturated rings. The van der Waals surface area contributed by atoms with Gasteiger partial charge in [-0.15, -0.1) is 0 Å². The summed E-state index contributed by atoms with van der Waals surface area (Å²) < 4.78 is 37.1. The van der Waals surface area contributed by atoms with Gasteiger partial charge in [0.1, 0.15) is 5.75 Å². The zero-order valence-electron chi connectivity index (χ0n) is 29.6. The average Bonchev–Trinajstić information content (AvgIpc) is 3.11. The Kier molecular flexibility index (Phi) is 9.20. The van der Waals surface area contributed by atoms with E-state index in [1.165, 1.54) is 16.7 Å². The smallest absolute Gasteiger partial charge is 0.338 e. The van der Waals surface area contributed by atoms with Gasteiger partial charge in [-0.05, 0) is 117 Å². The Morgan fingerprint density at radius 1 is 0.740 bits per heavy atom. The molecule has 9 nitrogen and oxygen atoms in total. The van der Waals surface area contributed by atoms with Gasteiger partial charge >= 0.3 is 5.97 Å². The molecule has 0 N–H and O–H groups in total. The highest BCUT2D eigenvalue weighted by Gasteiger charge is 2.35. The molecule has 4 aliphatic rings. The zero-order chi connectivity index (χ0) is 35.1. The molecular weight excluding hydrogens is 632 g/mol. The van der Waals surface area contributed by atoms with Crippen LogP contribution < -0.4 is 28.4 Å². The van der Waals surface area contributed by atoms with Gasteiger partial charge in [0.25, 0.3) is 0 Å². The first-order valence-electron chi connectivity index (χ1n) is 17.0. The summed E-state index contributed by atoms with van der Waals surface area (Å²) in [5.74, 6) is 3.97. The molecule has 6 bridgehead atoms. The fourth-order valence-corrected chi connectivity index (χ4v) is 7.38. The number of rotatable bonds is 5. The van der Waals surface area contributed by atoms with E-state index in [0.29, 0.717) is 58.0 Å². The molecule has 50 heavy (non-hydrogen) atoms. The lowest BCUT2D eigenvalue weighted by Crippen LogP contribution is -2.34. The molecule has 0 radical (unpaired) electrons. The molecule has 4 aromatic rings. The number of fused-ring (bicyclic) bond motifs is 2. The Labute approximate surface area is 293 Å². The van der Waals surface area contributed by atoms with E-state index in [2.05, 4.69) is 60.8 Å². The molecule has 4 aliphatic heterocycles. The van der Waals surface area contributed by atoms with E-state index in [-0.39, 0.29) is 12.1 Å². The number of hydrogen-bond donors (Lipinski definition) is 0. The number of esters is 1. The molecule has 0 saturated carbocycles. The number of methoxy groups -OCH3 is 3. The van der Waals surface area contributed by atoms with Crippen LogP contribution in [0.25, 0.3) is 0 Å². The van der Waals surface area contributed by atoms with E-state index in [1.54, 1.807) is 34.3 Å². The summed E-state index contributed by atoms with van der Waals surface area (Å²) in [4.78, 5) is 17.4. The number of nitrogens with zero attached hydrogens (tertiary/aromatic N) is 2. The second-order valence-electron chi connectivity index (χ2n) is 13.4. The molecule has 0 unspecified atom stereocenters. The monoisotopic (exact) mass is 676 g/mol. The van der Waals surface area contributed by atoms with Gasteiger partial charge in [0.05, 0.1) is 21.3 Å². The molecule has 260 valence electrons. The number of carbonyl (C=O) groups is 1. The van der Waals surface area contributed by atoms with Gasteiger partial charge < -0.3 is 28.4 Å². The first kappa shape index (κ1) is 33.5. The van der Waals surface area contributed by atoms with Gasteiger partial charge in [-0.1, -0.05) is 24.8 Å². The van der Waals surface area contributed by atoms with E-state index < -0.39 is 5.97 Å². The van der Waals surface area contributed by atoms with Crippen molar-refractivity contribution in [2.75, 3.05) is 48.5 Å². The molecule has 9 heteroatoms. The average molecular weight is 677 g/mol. The number of ether oxygens (including phenoxy) is 6. The molecule has 2 atom stereocenters. The largest absolute Gasteiger partial charge is 0.493 e. The van der Waals surface area contributed by atoms with Crippen molar-refractivity contribution in [1.82, 2.24) is 9.80 Å². The van der Waals surface area contributed by atoms with Crippen LogP contribution in [0.5, 0.6) is 46.0 Å². The Balaban J connectivity index is 1.45. The molecule has 0 aliphatic carbocycles. The van der Waals surface area contributed by atoms with Crippen LogP contribution in [0.3, 0.4) is 0 Å². The van der Waals surface area contributed by atoms with Crippen LogP contribution in [0.1, 0.15) is 52.4 Å². The van der Waals surface area contributed by atoms with Crippen LogP contribution in [0.2, 0.25) is 0 Å². The van der Waals surface area contributed by atoms with Crippen molar-refractivity contribution in [1.29, 1.82) is 0 Å². The van der Waals surface area contributed by atoms with Crippen LogP contribution in [0.15, 0.2) is 72.8 Å². The van der Waals surface area contributed by atoms with Crippen molar-refractivity contribution in [2.45, 2.75) is 44.7 Å². The van der Waals surface area contributed by atoms with E-state index in [9.17, 15) is 4.79 Å². The topological polar surface area (TPSA) is 78.9 Å². The summed E-state index contributed by atoms with van der Waals surface area (Å²) in [7, 11) is 9.28. The Bertz CT molecular complexity index is 1950. The standard InChI is InChI=1S/C41H44N2O7/c1-24(2)41(44)50-33-13-10-26-19-32-38-28(15-17-43(32)4)22-37(46-6)39(47-7)40(38)49-36-23-30-27(21-34(36)45-5)14-16-42(3)31(30)18-25-8-11-29(12-9-25)48-35(33)20-26/h8-13,20-23,31-32H,1,14-19H2,2-7H3/t31-,32+/m0/s1. The maximum absolute atomic E-state index is 12.6. The molecule has 0 saturated heterocycles. The van der Waals surface area contributed by atoms with Crippen molar-refractivity contribution in [2.24, 2.45) is 0 Å². The predicted octanol–water partition coefficient (Wildman–Crippen LogP) is 7.64. The summed E-state index contributed by atoms with van der Waals surface area (Å²) in [6.45, 7) is 7.15. The van der Waals surface area contributed by atoms with Gasteiger partial charge in [-0.3, -0.25) is 9.80 Å². The van der Waals surface area contributed by atoms with E-state index in [4.69, 9.17) is 28.4 Å². The van der Waals surface area contributed by atoms with Crippen LogP contribution in [-0.2, 0) is 30.5 Å². The highest BCUT2D eigenvalue weighted by Crippen LogP contribution is 2.52. The first-order valence-corrected chi connectivity index (χ1v) is 17.0. The molecule has 0 aromatic heterocycles. The van der Waals surface area contributed by atoms with Crippen molar-refractivity contribution in [3.8, 4) is 46.0 Å². The number of likely N-dealkylation sites (N-methyl/N-ethyl adjacent to an activating group) is 2. The van der Waals surface area contributed by atoms with Gasteiger partial charge in [-0.25, -0.2) is 4.79 Å². The third kappa shape index (κ3) is 6.27. The van der Waals surface area contributed by atoms with E-state index in [1.807, 2.05) is 24.3 Å². The quantitative estimate of drug-likeness (QED) is 0.120. The second-order valence-corrected chi connectivity index (χ2v) is 13.4. The molecular formula is C41H44N2O7. The molecule has 0 spiro atoms. The number of carbonyl (C=O) groups excluding carboxylic acids is 1. The number of hydrogen-bond acceptors (Lipinski definition) is 9. The second kappa shape index (κ2) is 13.7.